The summed E-state index contributed by atoms with van der Waals surface area (Å²) in [5, 5.41) is 3.49. The Morgan fingerprint density at radius 1 is 1.17 bits per heavy atom. The average molecular weight is 255 g/mol. The first kappa shape index (κ1) is 11.3. The smallest absolute Gasteiger partial charge is 0.115 e. The highest BCUT2D eigenvalue weighted by molar-refractivity contribution is 7.17. The molecule has 3 aromatic rings. The number of hydrogen-bond acceptors (Lipinski definition) is 4. The van der Waals surface area contributed by atoms with Crippen LogP contribution in [-0.2, 0) is 6.42 Å². The van der Waals surface area contributed by atoms with Gasteiger partial charge in [0.25, 0.3) is 0 Å². The molecular formula is C14H13N3S. The van der Waals surface area contributed by atoms with E-state index in [1.54, 1.807) is 23.7 Å². The highest BCUT2D eigenvalue weighted by atomic mass is 32.1. The van der Waals surface area contributed by atoms with Crippen molar-refractivity contribution in [3.8, 4) is 0 Å². The molecule has 4 heteroatoms. The van der Waals surface area contributed by atoms with Crippen LogP contribution in [0.2, 0.25) is 0 Å². The summed E-state index contributed by atoms with van der Waals surface area (Å²) >= 11 is 1.76. The van der Waals surface area contributed by atoms with E-state index >= 15 is 0 Å². The van der Waals surface area contributed by atoms with Crippen LogP contribution in [0.5, 0.6) is 0 Å². The standard InChI is InChI=1S/C14H13N3S/c15-13(11-6-16-9-17-7-11)5-10-8-18-14-4-2-1-3-12(10)14/h1-4,6-9,13H,5,15H2. The maximum atomic E-state index is 6.20. The van der Waals surface area contributed by atoms with Gasteiger partial charge < -0.3 is 5.73 Å². The van der Waals surface area contributed by atoms with Crippen LogP contribution in [0.4, 0.5) is 0 Å². The topological polar surface area (TPSA) is 51.8 Å². The number of nitrogens with two attached hydrogens (primary N) is 1. The van der Waals surface area contributed by atoms with Crippen LogP contribution in [0.25, 0.3) is 10.1 Å². The molecule has 0 saturated carbocycles. The van der Waals surface area contributed by atoms with Crippen molar-refractivity contribution in [1.82, 2.24) is 9.97 Å². The van der Waals surface area contributed by atoms with Crippen molar-refractivity contribution in [2.24, 2.45) is 5.73 Å². The predicted octanol–water partition coefficient (Wildman–Crippen LogP) is 2.93. The Morgan fingerprint density at radius 2 is 1.94 bits per heavy atom. The lowest BCUT2D eigenvalue weighted by molar-refractivity contribution is 0.717. The second-order valence-corrected chi connectivity index (χ2v) is 5.15. The number of benzene rings is 1. The summed E-state index contributed by atoms with van der Waals surface area (Å²) in [5.41, 5.74) is 8.48. The van der Waals surface area contributed by atoms with Gasteiger partial charge >= 0.3 is 0 Å². The Bertz CT molecular complexity index is 648. The van der Waals surface area contributed by atoms with Crippen LogP contribution in [0.15, 0.2) is 48.4 Å². The Hall–Kier alpha value is -1.78. The quantitative estimate of drug-likeness (QED) is 0.783. The van der Waals surface area contributed by atoms with Crippen LogP contribution in [0.3, 0.4) is 0 Å². The summed E-state index contributed by atoms with van der Waals surface area (Å²) in [5.74, 6) is 0. The van der Waals surface area contributed by atoms with Crippen molar-refractivity contribution in [1.29, 1.82) is 0 Å². The first-order valence-corrected chi connectivity index (χ1v) is 6.68. The molecule has 0 aliphatic carbocycles. The third kappa shape index (κ3) is 2.12. The maximum absolute atomic E-state index is 6.20. The minimum atomic E-state index is -0.0517. The lowest BCUT2D eigenvalue weighted by Crippen LogP contribution is -2.13. The van der Waals surface area contributed by atoms with Crippen molar-refractivity contribution >= 4 is 21.4 Å². The highest BCUT2D eigenvalue weighted by Crippen LogP contribution is 2.28. The van der Waals surface area contributed by atoms with Crippen molar-refractivity contribution < 1.29 is 0 Å². The largest absolute Gasteiger partial charge is 0.324 e. The lowest BCUT2D eigenvalue weighted by Gasteiger charge is -2.10. The summed E-state index contributed by atoms with van der Waals surface area (Å²) in [6, 6.07) is 8.36. The Balaban J connectivity index is 1.89. The second-order valence-electron chi connectivity index (χ2n) is 4.24. The molecule has 0 aliphatic rings. The molecule has 0 fully saturated rings. The van der Waals surface area contributed by atoms with Crippen LogP contribution in [-0.4, -0.2) is 9.97 Å². The van der Waals surface area contributed by atoms with Gasteiger partial charge in [0.15, 0.2) is 0 Å². The SMILES string of the molecule is NC(Cc1csc2ccccc12)c1cncnc1. The second kappa shape index (κ2) is 4.84. The van der Waals surface area contributed by atoms with E-state index in [0.29, 0.717) is 0 Å². The molecule has 2 heterocycles. The van der Waals surface area contributed by atoms with Crippen LogP contribution in [0, 0.1) is 0 Å². The molecule has 0 radical (unpaired) electrons. The molecule has 2 N–H and O–H groups in total. The van der Waals surface area contributed by atoms with E-state index in [1.807, 2.05) is 0 Å². The number of nitrogens with zero attached hydrogens (tertiary/aromatic N) is 2. The van der Waals surface area contributed by atoms with Gasteiger partial charge in [0.1, 0.15) is 6.33 Å². The van der Waals surface area contributed by atoms with E-state index in [1.165, 1.54) is 22.0 Å². The lowest BCUT2D eigenvalue weighted by atomic mass is 10.0. The van der Waals surface area contributed by atoms with E-state index in [4.69, 9.17) is 5.73 Å². The number of thiophene rings is 1. The van der Waals surface area contributed by atoms with Gasteiger partial charge in [-0.25, -0.2) is 9.97 Å². The monoisotopic (exact) mass is 255 g/mol. The molecule has 0 spiro atoms. The molecule has 1 atom stereocenters. The fraction of sp³-hybridized carbons (Fsp3) is 0.143. The van der Waals surface area contributed by atoms with Gasteiger partial charge in [-0.05, 0) is 28.8 Å². The molecule has 0 saturated heterocycles. The first-order valence-electron chi connectivity index (χ1n) is 5.80. The third-order valence-electron chi connectivity index (χ3n) is 3.01. The number of fused-ring (bicyclic) bond motifs is 1. The minimum Gasteiger partial charge on any atom is -0.324 e. The number of rotatable bonds is 3. The summed E-state index contributed by atoms with van der Waals surface area (Å²) in [6.07, 6.45) is 5.91. The van der Waals surface area contributed by atoms with Gasteiger partial charge in [-0.1, -0.05) is 18.2 Å². The Labute approximate surface area is 109 Å². The summed E-state index contributed by atoms with van der Waals surface area (Å²) in [7, 11) is 0. The molecule has 0 aliphatic heterocycles. The van der Waals surface area contributed by atoms with Gasteiger partial charge in [0.2, 0.25) is 0 Å². The van der Waals surface area contributed by atoms with Gasteiger partial charge in [-0.2, -0.15) is 0 Å². The molecule has 1 unspecified atom stereocenters. The third-order valence-corrected chi connectivity index (χ3v) is 4.02. The summed E-state index contributed by atoms with van der Waals surface area (Å²) in [6.45, 7) is 0. The molecule has 0 bridgehead atoms. The zero-order valence-corrected chi connectivity index (χ0v) is 10.6. The Morgan fingerprint density at radius 3 is 2.78 bits per heavy atom. The Kier molecular flexibility index (Phi) is 3.04. The summed E-state index contributed by atoms with van der Waals surface area (Å²) in [4.78, 5) is 8.02. The number of aromatic nitrogens is 2. The zero-order valence-electron chi connectivity index (χ0n) is 9.78. The molecular weight excluding hydrogens is 242 g/mol. The highest BCUT2D eigenvalue weighted by Gasteiger charge is 2.10. The van der Waals surface area contributed by atoms with E-state index in [2.05, 4.69) is 39.6 Å². The van der Waals surface area contributed by atoms with Crippen molar-refractivity contribution in [2.45, 2.75) is 12.5 Å². The van der Waals surface area contributed by atoms with Crippen LogP contribution in [0.1, 0.15) is 17.2 Å². The fourth-order valence-corrected chi connectivity index (χ4v) is 3.02. The average Bonchev–Trinajstić information content (AvgIpc) is 2.83. The van der Waals surface area contributed by atoms with Crippen molar-refractivity contribution in [3.63, 3.8) is 0 Å². The van der Waals surface area contributed by atoms with Gasteiger partial charge in [-0.3, -0.25) is 0 Å². The molecule has 1 aromatic carbocycles. The van der Waals surface area contributed by atoms with Crippen LogP contribution < -0.4 is 5.73 Å². The molecule has 2 aromatic heterocycles. The molecule has 3 nitrogen and oxygen atoms in total. The van der Waals surface area contributed by atoms with Crippen LogP contribution >= 0.6 is 11.3 Å². The van der Waals surface area contributed by atoms with E-state index < -0.39 is 0 Å². The molecule has 3 rings (SSSR count). The number of hydrogen-bond donors (Lipinski definition) is 1. The normalized spacial score (nSPS) is 12.7. The molecule has 18 heavy (non-hydrogen) atoms. The van der Waals surface area contributed by atoms with Gasteiger partial charge in [0, 0.05) is 28.7 Å². The van der Waals surface area contributed by atoms with E-state index in [-0.39, 0.29) is 6.04 Å². The van der Waals surface area contributed by atoms with Gasteiger partial charge in [0.05, 0.1) is 0 Å². The first-order chi connectivity index (χ1) is 8.84. The maximum Gasteiger partial charge on any atom is 0.115 e. The minimum absolute atomic E-state index is 0.0517. The molecule has 90 valence electrons. The molecule has 0 amide bonds. The van der Waals surface area contributed by atoms with Crippen molar-refractivity contribution in [3.05, 3.63) is 59.5 Å². The fourth-order valence-electron chi connectivity index (χ4n) is 2.05. The predicted molar refractivity (Wildman–Crippen MR) is 74.5 cm³/mol. The van der Waals surface area contributed by atoms with Crippen molar-refractivity contribution in [2.75, 3.05) is 0 Å². The van der Waals surface area contributed by atoms with E-state index in [9.17, 15) is 0 Å². The zero-order chi connectivity index (χ0) is 12.4. The van der Waals surface area contributed by atoms with Gasteiger partial charge in [-0.15, -0.1) is 11.3 Å². The van der Waals surface area contributed by atoms with E-state index in [0.717, 1.165) is 12.0 Å². The summed E-state index contributed by atoms with van der Waals surface area (Å²) < 4.78 is 1.31.